The van der Waals surface area contributed by atoms with E-state index in [1.807, 2.05) is 6.08 Å². The Morgan fingerprint density at radius 3 is 2.37 bits per heavy atom. The summed E-state index contributed by atoms with van der Waals surface area (Å²) in [5.74, 6) is -1.48. The van der Waals surface area contributed by atoms with Gasteiger partial charge >= 0.3 is 17.9 Å². The molecule has 0 saturated carbocycles. The van der Waals surface area contributed by atoms with Gasteiger partial charge < -0.3 is 19.5 Å². The molecule has 3 atom stereocenters. The van der Waals surface area contributed by atoms with Gasteiger partial charge in [0, 0.05) is 6.04 Å². The van der Waals surface area contributed by atoms with Crippen LogP contribution in [0.2, 0.25) is 0 Å². The van der Waals surface area contributed by atoms with Crippen LogP contribution in [0.15, 0.2) is 25.3 Å². The molecule has 2 N–H and O–H groups in total. The van der Waals surface area contributed by atoms with E-state index < -0.39 is 29.2 Å². The fraction of sp³-hybridized carbons (Fsp3) is 0.682. The maximum Gasteiger partial charge on any atom is 0.327 e. The van der Waals surface area contributed by atoms with Gasteiger partial charge in [-0.15, -0.1) is 13.2 Å². The molecule has 0 radical (unpaired) electrons. The maximum atomic E-state index is 12.4. The average molecular weight is 425 g/mol. The second kappa shape index (κ2) is 11.3. The van der Waals surface area contributed by atoms with Crippen molar-refractivity contribution in [3.63, 3.8) is 0 Å². The Bertz CT molecular complexity index is 638. The van der Waals surface area contributed by atoms with Gasteiger partial charge in [-0.05, 0) is 53.9 Å². The highest BCUT2D eigenvalue weighted by Crippen LogP contribution is 2.19. The van der Waals surface area contributed by atoms with E-state index in [4.69, 9.17) is 14.2 Å². The van der Waals surface area contributed by atoms with E-state index in [2.05, 4.69) is 23.8 Å². The first-order valence-electron chi connectivity index (χ1n) is 10.2. The van der Waals surface area contributed by atoms with Crippen molar-refractivity contribution in [3.05, 3.63) is 25.3 Å². The van der Waals surface area contributed by atoms with Crippen molar-refractivity contribution in [3.8, 4) is 0 Å². The molecule has 170 valence electrons. The third-order valence-corrected chi connectivity index (χ3v) is 4.30. The normalized spacial score (nSPS) is 20.2. The van der Waals surface area contributed by atoms with E-state index in [0.717, 1.165) is 12.8 Å². The summed E-state index contributed by atoms with van der Waals surface area (Å²) in [5, 5.41) is 5.97. The Morgan fingerprint density at radius 2 is 1.80 bits per heavy atom. The van der Waals surface area contributed by atoms with Gasteiger partial charge in [0.15, 0.2) is 0 Å². The van der Waals surface area contributed by atoms with Crippen LogP contribution in [0.3, 0.4) is 0 Å². The quantitative estimate of drug-likeness (QED) is 0.295. The highest BCUT2D eigenvalue weighted by Gasteiger charge is 2.34. The molecule has 0 aliphatic carbocycles. The second-order valence-corrected chi connectivity index (χ2v) is 8.99. The summed E-state index contributed by atoms with van der Waals surface area (Å²) >= 11 is 0. The predicted octanol–water partition coefficient (Wildman–Crippen LogP) is 2.03. The van der Waals surface area contributed by atoms with Crippen molar-refractivity contribution in [1.82, 2.24) is 10.6 Å². The van der Waals surface area contributed by atoms with Crippen LogP contribution < -0.4 is 10.6 Å². The molecule has 1 heterocycles. The van der Waals surface area contributed by atoms with Crippen molar-refractivity contribution < 1.29 is 28.6 Å². The van der Waals surface area contributed by atoms with E-state index in [0.29, 0.717) is 6.42 Å². The van der Waals surface area contributed by atoms with Gasteiger partial charge in [0.25, 0.3) is 0 Å². The molecule has 8 heteroatoms. The summed E-state index contributed by atoms with van der Waals surface area (Å²) in [6.07, 6.45) is 5.57. The minimum Gasteiger partial charge on any atom is -0.460 e. The second-order valence-electron chi connectivity index (χ2n) is 8.99. The minimum absolute atomic E-state index is 0.104. The lowest BCUT2D eigenvalue weighted by Gasteiger charge is -2.27. The van der Waals surface area contributed by atoms with E-state index in [1.165, 1.54) is 6.08 Å². The number of rotatable bonds is 11. The predicted molar refractivity (Wildman–Crippen MR) is 114 cm³/mol. The van der Waals surface area contributed by atoms with Crippen molar-refractivity contribution in [1.29, 1.82) is 0 Å². The molecular formula is C22H36N2O6. The minimum atomic E-state index is -0.978. The van der Waals surface area contributed by atoms with Crippen LogP contribution in [0.5, 0.6) is 0 Å². The molecule has 1 rings (SSSR count). The molecule has 30 heavy (non-hydrogen) atoms. The van der Waals surface area contributed by atoms with Gasteiger partial charge in [-0.2, -0.15) is 0 Å². The Labute approximate surface area is 179 Å². The average Bonchev–Trinajstić information content (AvgIpc) is 3.08. The standard InChI is InChI=1S/C22H36N2O6/c1-8-10-15-11-12-17(24-15)20(27)30-22(6,7)14-28-18(25)13-23-16(9-2)19(26)29-21(3,4)5/h8-9,15-17,23-24H,1-2,10-14H2,3-7H3/t15-,16+,17+/m1/s1. The lowest BCUT2D eigenvalue weighted by molar-refractivity contribution is -0.170. The smallest absolute Gasteiger partial charge is 0.327 e. The van der Waals surface area contributed by atoms with E-state index >= 15 is 0 Å². The Kier molecular flexibility index (Phi) is 9.71. The number of nitrogens with one attached hydrogen (secondary N) is 2. The molecule has 0 aromatic rings. The Balaban J connectivity index is 2.41. The van der Waals surface area contributed by atoms with Crippen molar-refractivity contribution in [2.75, 3.05) is 13.2 Å². The maximum absolute atomic E-state index is 12.4. The molecule has 1 fully saturated rings. The molecule has 0 aromatic heterocycles. The largest absolute Gasteiger partial charge is 0.460 e. The van der Waals surface area contributed by atoms with Crippen LogP contribution in [0, 0.1) is 0 Å². The lowest BCUT2D eigenvalue weighted by Crippen LogP contribution is -2.44. The molecule has 0 spiro atoms. The molecule has 1 aliphatic rings. The summed E-state index contributed by atoms with van der Waals surface area (Å²) in [6, 6.07) is -0.969. The Morgan fingerprint density at radius 1 is 1.13 bits per heavy atom. The van der Waals surface area contributed by atoms with Gasteiger partial charge in [-0.25, -0.2) is 4.79 Å². The molecule has 0 amide bonds. The third-order valence-electron chi connectivity index (χ3n) is 4.30. The number of hydrogen-bond donors (Lipinski definition) is 2. The van der Waals surface area contributed by atoms with Crippen molar-refractivity contribution in [2.45, 2.75) is 83.2 Å². The number of esters is 3. The number of carbonyl (C=O) groups excluding carboxylic acids is 3. The van der Waals surface area contributed by atoms with Crippen LogP contribution in [-0.4, -0.2) is 60.4 Å². The first-order valence-corrected chi connectivity index (χ1v) is 10.2. The van der Waals surface area contributed by atoms with Crippen molar-refractivity contribution in [2.24, 2.45) is 0 Å². The van der Waals surface area contributed by atoms with Crippen LogP contribution >= 0.6 is 0 Å². The highest BCUT2D eigenvalue weighted by molar-refractivity contribution is 5.80. The zero-order valence-corrected chi connectivity index (χ0v) is 18.8. The summed E-state index contributed by atoms with van der Waals surface area (Å²) in [4.78, 5) is 36.5. The monoisotopic (exact) mass is 424 g/mol. The van der Waals surface area contributed by atoms with E-state index in [-0.39, 0.29) is 31.2 Å². The lowest BCUT2D eigenvalue weighted by atomic mass is 10.1. The summed E-state index contributed by atoms with van der Waals surface area (Å²) in [7, 11) is 0. The first-order chi connectivity index (χ1) is 13.9. The van der Waals surface area contributed by atoms with Crippen LogP contribution in [0.1, 0.15) is 53.9 Å². The zero-order valence-electron chi connectivity index (χ0n) is 18.8. The van der Waals surface area contributed by atoms with E-state index in [1.54, 1.807) is 34.6 Å². The fourth-order valence-corrected chi connectivity index (χ4v) is 2.89. The third kappa shape index (κ3) is 9.54. The number of hydrogen-bond acceptors (Lipinski definition) is 8. The highest BCUT2D eigenvalue weighted by atomic mass is 16.6. The SMILES string of the molecule is C=CC[C@@H]1CC[C@@H](C(=O)OC(C)(C)COC(=O)CN[C@@H](C=C)C(=O)OC(C)(C)C)N1. The van der Waals surface area contributed by atoms with Crippen LogP contribution in [0.25, 0.3) is 0 Å². The zero-order chi connectivity index (χ0) is 22.9. The number of ether oxygens (including phenoxy) is 3. The molecule has 8 nitrogen and oxygen atoms in total. The molecule has 1 saturated heterocycles. The molecule has 0 bridgehead atoms. The van der Waals surface area contributed by atoms with E-state index in [9.17, 15) is 14.4 Å². The molecule has 1 aliphatic heterocycles. The van der Waals surface area contributed by atoms with Crippen LogP contribution in [0.4, 0.5) is 0 Å². The van der Waals surface area contributed by atoms with Crippen LogP contribution in [-0.2, 0) is 28.6 Å². The van der Waals surface area contributed by atoms with Gasteiger partial charge in [-0.1, -0.05) is 12.2 Å². The summed E-state index contributed by atoms with van der Waals surface area (Å²) in [6.45, 7) is 15.6. The van der Waals surface area contributed by atoms with Gasteiger partial charge in [0.2, 0.25) is 0 Å². The Hall–Kier alpha value is -2.19. The molecular weight excluding hydrogens is 388 g/mol. The fourth-order valence-electron chi connectivity index (χ4n) is 2.89. The van der Waals surface area contributed by atoms with Gasteiger partial charge in [0.1, 0.15) is 29.9 Å². The number of carbonyl (C=O) groups is 3. The topological polar surface area (TPSA) is 103 Å². The van der Waals surface area contributed by atoms with Gasteiger partial charge in [-0.3, -0.25) is 14.9 Å². The summed E-state index contributed by atoms with van der Waals surface area (Å²) < 4.78 is 16.0. The molecule has 0 aromatic carbocycles. The molecule has 0 unspecified atom stereocenters. The first kappa shape index (κ1) is 25.8. The summed E-state index contributed by atoms with van der Waals surface area (Å²) in [5.41, 5.74) is -1.62. The van der Waals surface area contributed by atoms with Crippen molar-refractivity contribution >= 4 is 17.9 Å². The van der Waals surface area contributed by atoms with Gasteiger partial charge in [0.05, 0.1) is 6.54 Å².